The Kier molecular flexibility index (Phi) is 8.05. The summed E-state index contributed by atoms with van der Waals surface area (Å²) in [6.07, 6.45) is 2.57. The molecule has 0 unspecified atom stereocenters. The average Bonchev–Trinajstić information content (AvgIpc) is 3.09. The van der Waals surface area contributed by atoms with Crippen LogP contribution in [-0.4, -0.2) is 29.2 Å². The quantitative estimate of drug-likeness (QED) is 0.401. The number of aromatic nitrogens is 1. The number of aliphatic hydroxyl groups excluding tert-OH is 1. The van der Waals surface area contributed by atoms with E-state index in [2.05, 4.69) is 15.8 Å². The zero-order valence-corrected chi connectivity index (χ0v) is 16.4. The van der Waals surface area contributed by atoms with Crippen LogP contribution in [0.15, 0.2) is 35.0 Å². The lowest BCUT2D eigenvalue weighted by Crippen LogP contribution is -2.24. The van der Waals surface area contributed by atoms with Gasteiger partial charge in [0.15, 0.2) is 11.4 Å². The topological polar surface area (TPSA) is 96.6 Å². The van der Waals surface area contributed by atoms with Gasteiger partial charge in [-0.3, -0.25) is 14.6 Å². The fourth-order valence-corrected chi connectivity index (χ4v) is 2.42. The van der Waals surface area contributed by atoms with Gasteiger partial charge in [-0.15, -0.1) is 0 Å². The number of nitrogens with zero attached hydrogens (tertiary/aromatic N) is 1. The van der Waals surface area contributed by atoms with Gasteiger partial charge in [0.05, 0.1) is 23.9 Å². The Morgan fingerprint density at radius 1 is 1.24 bits per heavy atom. The molecule has 0 saturated carbocycles. The molecule has 156 valence electrons. The third-order valence-electron chi connectivity index (χ3n) is 3.71. The van der Waals surface area contributed by atoms with Gasteiger partial charge in [-0.1, -0.05) is 19.9 Å². The van der Waals surface area contributed by atoms with Crippen LogP contribution in [0.3, 0.4) is 0 Å². The normalized spacial score (nSPS) is 10.4. The number of anilines is 2. The molecule has 2 aromatic heterocycles. The molecule has 0 fully saturated rings. The number of nitrogens with one attached hydrogen (secondary N) is 2. The van der Waals surface area contributed by atoms with Crippen molar-refractivity contribution in [2.75, 3.05) is 18.5 Å². The Bertz CT molecular complexity index is 976. The minimum absolute atomic E-state index is 0.0583. The molecule has 0 aliphatic rings. The molecule has 3 rings (SSSR count). The molecule has 0 aliphatic heterocycles. The predicted octanol–water partition coefficient (Wildman–Crippen LogP) is 4.23. The third kappa shape index (κ3) is 5.27. The molecule has 3 aromatic rings. The molecule has 0 spiro atoms. The maximum absolute atomic E-state index is 14.2. The number of aryl methyl sites for hydroxylation is 1. The van der Waals surface area contributed by atoms with Crippen molar-refractivity contribution in [1.29, 1.82) is 0 Å². The van der Waals surface area contributed by atoms with Crippen LogP contribution in [0.25, 0.3) is 11.0 Å². The summed E-state index contributed by atoms with van der Waals surface area (Å²) < 4.78 is 33.6. The van der Waals surface area contributed by atoms with E-state index in [0.29, 0.717) is 6.42 Å². The maximum atomic E-state index is 14.2. The average molecular weight is 407 g/mol. The Morgan fingerprint density at radius 3 is 2.69 bits per heavy atom. The molecule has 1 amide bonds. The lowest BCUT2D eigenvalue weighted by Gasteiger charge is -2.09. The van der Waals surface area contributed by atoms with E-state index in [4.69, 9.17) is 14.4 Å². The molecule has 0 aliphatic carbocycles. The second-order valence-corrected chi connectivity index (χ2v) is 5.77. The fraction of sp³-hybridized carbons (Fsp3) is 0.300. The molecule has 1 aromatic carbocycles. The van der Waals surface area contributed by atoms with Gasteiger partial charge in [0.25, 0.3) is 0 Å². The van der Waals surface area contributed by atoms with Crippen molar-refractivity contribution in [2.45, 2.75) is 27.2 Å². The van der Waals surface area contributed by atoms with Crippen LogP contribution in [0.5, 0.6) is 0 Å². The first kappa shape index (κ1) is 22.3. The van der Waals surface area contributed by atoms with Crippen LogP contribution in [0.2, 0.25) is 0 Å². The van der Waals surface area contributed by atoms with Gasteiger partial charge in [-0.05, 0) is 31.0 Å². The predicted molar refractivity (Wildman–Crippen MR) is 105 cm³/mol. The number of carbonyl (C=O) groups is 1. The zero-order valence-electron chi connectivity index (χ0n) is 16.4. The Labute approximate surface area is 166 Å². The van der Waals surface area contributed by atoms with E-state index in [1.165, 1.54) is 18.3 Å². The molecule has 29 heavy (non-hydrogen) atoms. The number of hydrogen-bond donors (Lipinski definition) is 3. The van der Waals surface area contributed by atoms with Gasteiger partial charge in [0.1, 0.15) is 11.5 Å². The van der Waals surface area contributed by atoms with E-state index < -0.39 is 17.5 Å². The molecule has 0 atom stereocenters. The minimum atomic E-state index is -0.793. The Balaban J connectivity index is 0.00000145. The highest BCUT2D eigenvalue weighted by atomic mass is 19.1. The number of aliphatic hydroxyl groups is 1. The largest absolute Gasteiger partial charge is 0.445 e. The van der Waals surface area contributed by atoms with E-state index in [0.717, 1.165) is 11.8 Å². The summed E-state index contributed by atoms with van der Waals surface area (Å²) in [5.41, 5.74) is 2.81. The summed E-state index contributed by atoms with van der Waals surface area (Å²) in [4.78, 5) is 21.1. The van der Waals surface area contributed by atoms with Gasteiger partial charge in [0.2, 0.25) is 5.76 Å². The number of pyridine rings is 1. The van der Waals surface area contributed by atoms with Crippen molar-refractivity contribution in [3.63, 3.8) is 0 Å². The number of fused-ring (bicyclic) bond motifs is 1. The van der Waals surface area contributed by atoms with Crippen LogP contribution in [0, 0.1) is 18.6 Å². The summed E-state index contributed by atoms with van der Waals surface area (Å²) in [5, 5.41) is 11.7. The second-order valence-electron chi connectivity index (χ2n) is 5.77. The van der Waals surface area contributed by atoms with Crippen LogP contribution >= 0.6 is 0 Å². The molecule has 2 heterocycles. The first-order chi connectivity index (χ1) is 14.0. The number of benzene rings is 1. The van der Waals surface area contributed by atoms with Crippen LogP contribution in [0.1, 0.15) is 36.4 Å². The summed E-state index contributed by atoms with van der Waals surface area (Å²) in [5.74, 6) is -2.39. The summed E-state index contributed by atoms with van der Waals surface area (Å²) in [6, 6.07) is 4.50. The molecule has 0 bridgehead atoms. The number of hydroxylamine groups is 1. The van der Waals surface area contributed by atoms with Gasteiger partial charge >= 0.3 is 5.91 Å². The van der Waals surface area contributed by atoms with Gasteiger partial charge in [0, 0.05) is 12.8 Å². The molecule has 9 heteroatoms. The first-order valence-corrected chi connectivity index (χ1v) is 9.13. The van der Waals surface area contributed by atoms with Crippen molar-refractivity contribution in [3.8, 4) is 0 Å². The van der Waals surface area contributed by atoms with E-state index >= 15 is 0 Å². The van der Waals surface area contributed by atoms with Crippen molar-refractivity contribution in [2.24, 2.45) is 0 Å². The lowest BCUT2D eigenvalue weighted by molar-refractivity contribution is 0.0243. The summed E-state index contributed by atoms with van der Waals surface area (Å²) >= 11 is 0. The van der Waals surface area contributed by atoms with Crippen LogP contribution in [-0.2, 0) is 4.84 Å². The molecular weight excluding hydrogens is 384 g/mol. The highest BCUT2D eigenvalue weighted by molar-refractivity contribution is 6.06. The molecule has 0 radical (unpaired) electrons. The highest BCUT2D eigenvalue weighted by Crippen LogP contribution is 2.34. The zero-order chi connectivity index (χ0) is 21.4. The van der Waals surface area contributed by atoms with Crippen molar-refractivity contribution >= 4 is 28.3 Å². The fourth-order valence-electron chi connectivity index (χ4n) is 2.42. The van der Waals surface area contributed by atoms with E-state index in [9.17, 15) is 13.6 Å². The van der Waals surface area contributed by atoms with E-state index in [1.807, 2.05) is 13.8 Å². The van der Waals surface area contributed by atoms with Gasteiger partial charge < -0.3 is 14.8 Å². The van der Waals surface area contributed by atoms with Gasteiger partial charge in [-0.2, -0.15) is 0 Å². The van der Waals surface area contributed by atoms with Gasteiger partial charge in [-0.25, -0.2) is 14.3 Å². The monoisotopic (exact) mass is 407 g/mol. The number of rotatable bonds is 7. The standard InChI is InChI=1S/C18H17F2N3O4.C2H6/c1-10-3-4-14(12(19)7-10)22-15-11-8-21-9-13(20)16(11)27-17(15)18(25)23-26-6-2-5-24;1-2/h3-4,7-9,22,24H,2,5-6H2,1H3,(H,23,25);1-2H3. The summed E-state index contributed by atoms with van der Waals surface area (Å²) in [7, 11) is 0. The first-order valence-electron chi connectivity index (χ1n) is 9.13. The molecular formula is C20H23F2N3O4. The Hall–Kier alpha value is -3.04. The SMILES string of the molecule is CC.Cc1ccc(Nc2c(C(=O)NOCCCO)oc3c(F)cncc23)c(F)c1. The van der Waals surface area contributed by atoms with Crippen molar-refractivity contribution < 1.29 is 27.9 Å². The maximum Gasteiger partial charge on any atom is 0.312 e. The Morgan fingerprint density at radius 2 is 2.00 bits per heavy atom. The minimum Gasteiger partial charge on any atom is -0.445 e. The van der Waals surface area contributed by atoms with E-state index in [1.54, 1.807) is 13.0 Å². The summed E-state index contributed by atoms with van der Waals surface area (Å²) in [6.45, 7) is 5.71. The third-order valence-corrected chi connectivity index (χ3v) is 3.71. The smallest absolute Gasteiger partial charge is 0.312 e. The molecule has 7 nitrogen and oxygen atoms in total. The number of amides is 1. The number of carbonyl (C=O) groups excluding carboxylic acids is 1. The van der Waals surface area contributed by atoms with Crippen molar-refractivity contribution in [1.82, 2.24) is 10.5 Å². The molecule has 0 saturated heterocycles. The number of hydrogen-bond acceptors (Lipinski definition) is 6. The second kappa shape index (κ2) is 10.5. The highest BCUT2D eigenvalue weighted by Gasteiger charge is 2.24. The van der Waals surface area contributed by atoms with E-state index in [-0.39, 0.29) is 41.3 Å². The lowest BCUT2D eigenvalue weighted by atomic mass is 10.2. The van der Waals surface area contributed by atoms with Crippen molar-refractivity contribution in [3.05, 3.63) is 53.6 Å². The van der Waals surface area contributed by atoms with Crippen LogP contribution < -0.4 is 10.8 Å². The number of furan rings is 1. The van der Waals surface area contributed by atoms with Crippen LogP contribution in [0.4, 0.5) is 20.2 Å². The molecule has 3 N–H and O–H groups in total. The number of halogens is 2.